The van der Waals surface area contributed by atoms with E-state index >= 15 is 0 Å². The molecular weight excluding hydrogens is 655 g/mol. The van der Waals surface area contributed by atoms with E-state index in [0.717, 1.165) is 10.3 Å². The fourth-order valence-electron chi connectivity index (χ4n) is 6.86. The number of carbonyl (C=O) groups is 1. The molecule has 2 fully saturated rings. The Labute approximate surface area is 287 Å². The molecule has 2 aromatic carbocycles. The van der Waals surface area contributed by atoms with Crippen molar-refractivity contribution in [2.75, 3.05) is 38.2 Å². The molecule has 48 heavy (non-hydrogen) atoms. The third kappa shape index (κ3) is 8.12. The van der Waals surface area contributed by atoms with E-state index in [2.05, 4.69) is 15.6 Å². The number of aliphatic hydroxyl groups is 1. The highest BCUT2D eigenvalue weighted by atomic mass is 32.2. The summed E-state index contributed by atoms with van der Waals surface area (Å²) in [5, 5.41) is 30.8. The average Bonchev–Trinajstić information content (AvgIpc) is 3.67. The molecule has 14 heteroatoms. The molecule has 264 valence electrons. The van der Waals surface area contributed by atoms with Gasteiger partial charge in [0.05, 0.1) is 40.9 Å². The highest BCUT2D eigenvalue weighted by molar-refractivity contribution is 7.89. The summed E-state index contributed by atoms with van der Waals surface area (Å²) in [5.41, 5.74) is -0.468. The maximum Gasteiger partial charge on any atom is 0.407 e. The van der Waals surface area contributed by atoms with E-state index in [9.17, 15) is 23.4 Å². The number of likely N-dealkylation sites (N-methyl/N-ethyl adjacent to an activating group) is 1. The van der Waals surface area contributed by atoms with Crippen LogP contribution in [0.25, 0.3) is 10.2 Å². The molecule has 2 aliphatic heterocycles. The number of rotatable bonds is 15. The van der Waals surface area contributed by atoms with E-state index in [4.69, 9.17) is 9.47 Å². The maximum absolute atomic E-state index is 14.5. The molecule has 3 aromatic rings. The van der Waals surface area contributed by atoms with Gasteiger partial charge < -0.3 is 25.0 Å². The standard InChI is InChI=1S/C34H49N5O7S2/c1-6-35-34(42,21-38(20-22(2)3)48(43,44)25-12-13-27-29(19-25)47-32(37-27)36-23(4)5)30(18-24-10-8-7-9-11-24)39(33(40)41)28-15-17-46-31-26(28)14-16-45-31/h7-13,19,22-23,26,28,30-31,35,42H,6,14-18,20-21H2,1-5H3,(H,36,37)(H,40,41)/t26-,28-,30-,31-,34+/m0/s1. The zero-order valence-electron chi connectivity index (χ0n) is 28.3. The minimum atomic E-state index is -4.16. The van der Waals surface area contributed by atoms with Gasteiger partial charge >= 0.3 is 6.09 Å². The molecule has 0 unspecified atom stereocenters. The van der Waals surface area contributed by atoms with E-state index in [-0.39, 0.29) is 48.8 Å². The summed E-state index contributed by atoms with van der Waals surface area (Å²) >= 11 is 1.38. The monoisotopic (exact) mass is 703 g/mol. The summed E-state index contributed by atoms with van der Waals surface area (Å²) in [6, 6.07) is 12.9. The van der Waals surface area contributed by atoms with Crippen molar-refractivity contribution in [2.24, 2.45) is 11.8 Å². The van der Waals surface area contributed by atoms with Gasteiger partial charge in [0.15, 0.2) is 17.1 Å². The molecule has 12 nitrogen and oxygen atoms in total. The van der Waals surface area contributed by atoms with Crippen LogP contribution in [0.1, 0.15) is 53.0 Å². The number of thiazole rings is 1. The summed E-state index contributed by atoms with van der Waals surface area (Å²) in [7, 11) is -4.16. The number of nitrogens with zero attached hydrogens (tertiary/aromatic N) is 3. The zero-order chi connectivity index (χ0) is 34.6. The molecule has 0 radical (unpaired) electrons. The third-order valence-electron chi connectivity index (χ3n) is 8.89. The van der Waals surface area contributed by atoms with Crippen LogP contribution in [0.3, 0.4) is 0 Å². The number of hydrogen-bond acceptors (Lipinski definition) is 10. The molecule has 4 N–H and O–H groups in total. The summed E-state index contributed by atoms with van der Waals surface area (Å²) in [6.45, 7) is 10.4. The average molecular weight is 704 g/mol. The van der Waals surface area contributed by atoms with E-state index in [1.165, 1.54) is 20.5 Å². The fourth-order valence-corrected chi connectivity index (χ4v) is 9.65. The number of ether oxygens (including phenoxy) is 2. The van der Waals surface area contributed by atoms with Crippen LogP contribution in [0.15, 0.2) is 53.4 Å². The Balaban J connectivity index is 1.57. The number of amides is 1. The van der Waals surface area contributed by atoms with E-state index in [1.54, 1.807) is 18.2 Å². The minimum Gasteiger partial charge on any atom is -0.465 e. The molecule has 1 amide bonds. The molecule has 0 aliphatic carbocycles. The Hall–Kier alpha value is -2.85. The van der Waals surface area contributed by atoms with Crippen LogP contribution in [0.4, 0.5) is 9.93 Å². The Morgan fingerprint density at radius 3 is 2.46 bits per heavy atom. The van der Waals surface area contributed by atoms with Crippen molar-refractivity contribution in [2.45, 2.75) is 88.9 Å². The predicted octanol–water partition coefficient (Wildman–Crippen LogP) is 4.80. The lowest BCUT2D eigenvalue weighted by Gasteiger charge is -2.49. The lowest BCUT2D eigenvalue weighted by Crippen LogP contribution is -2.70. The van der Waals surface area contributed by atoms with Gasteiger partial charge in [-0.05, 0) is 69.3 Å². The third-order valence-corrected chi connectivity index (χ3v) is 11.6. The fraction of sp³-hybridized carbons (Fsp3) is 0.588. The van der Waals surface area contributed by atoms with Crippen molar-refractivity contribution in [3.05, 3.63) is 54.1 Å². The molecule has 5 rings (SSSR count). The molecule has 0 bridgehead atoms. The van der Waals surface area contributed by atoms with Crippen molar-refractivity contribution in [3.8, 4) is 0 Å². The number of carboxylic acid groups (broad SMARTS) is 1. The van der Waals surface area contributed by atoms with Crippen molar-refractivity contribution in [1.29, 1.82) is 0 Å². The van der Waals surface area contributed by atoms with Gasteiger partial charge in [0.25, 0.3) is 0 Å². The number of nitrogens with one attached hydrogen (secondary N) is 2. The molecular formula is C34H49N5O7S2. The lowest BCUT2D eigenvalue weighted by atomic mass is 9.86. The van der Waals surface area contributed by atoms with Crippen LogP contribution < -0.4 is 10.6 Å². The highest BCUT2D eigenvalue weighted by Gasteiger charge is 2.51. The molecule has 2 aliphatic rings. The first-order valence-corrected chi connectivity index (χ1v) is 19.0. The molecule has 1 aromatic heterocycles. The second-order valence-electron chi connectivity index (χ2n) is 13.4. The van der Waals surface area contributed by atoms with Gasteiger partial charge in [-0.2, -0.15) is 4.31 Å². The summed E-state index contributed by atoms with van der Waals surface area (Å²) < 4.78 is 42.6. The van der Waals surface area contributed by atoms with Crippen LogP contribution in [0.5, 0.6) is 0 Å². The van der Waals surface area contributed by atoms with Crippen LogP contribution in [-0.2, 0) is 25.9 Å². The van der Waals surface area contributed by atoms with E-state index < -0.39 is 40.2 Å². The van der Waals surface area contributed by atoms with E-state index in [0.29, 0.717) is 36.7 Å². The molecule has 0 spiro atoms. The van der Waals surface area contributed by atoms with E-state index in [1.807, 2.05) is 65.0 Å². The number of anilines is 1. The van der Waals surface area contributed by atoms with Gasteiger partial charge in [0, 0.05) is 24.5 Å². The van der Waals surface area contributed by atoms with Crippen molar-refractivity contribution in [3.63, 3.8) is 0 Å². The largest absolute Gasteiger partial charge is 0.465 e. The zero-order valence-corrected chi connectivity index (χ0v) is 30.0. The summed E-state index contributed by atoms with van der Waals surface area (Å²) in [5.74, 6) is -0.301. The topological polar surface area (TPSA) is 154 Å². The maximum atomic E-state index is 14.5. The van der Waals surface area contributed by atoms with Crippen molar-refractivity contribution >= 4 is 42.8 Å². The van der Waals surface area contributed by atoms with Gasteiger partial charge in [0.1, 0.15) is 0 Å². The second-order valence-corrected chi connectivity index (χ2v) is 16.4. The molecule has 0 saturated carbocycles. The first-order valence-electron chi connectivity index (χ1n) is 16.8. The van der Waals surface area contributed by atoms with Gasteiger partial charge in [-0.15, -0.1) is 0 Å². The summed E-state index contributed by atoms with van der Waals surface area (Å²) in [6.07, 6.45) is -0.504. The molecule has 5 atom stereocenters. The van der Waals surface area contributed by atoms with Crippen LogP contribution >= 0.6 is 11.3 Å². The van der Waals surface area contributed by atoms with Crippen molar-refractivity contribution in [1.82, 2.24) is 19.5 Å². The van der Waals surface area contributed by atoms with Crippen LogP contribution in [0, 0.1) is 11.8 Å². The number of sulfonamides is 1. The highest BCUT2D eigenvalue weighted by Crippen LogP contribution is 2.37. The Kier molecular flexibility index (Phi) is 11.7. The first-order chi connectivity index (χ1) is 22.8. The van der Waals surface area contributed by atoms with Gasteiger partial charge in [0.2, 0.25) is 10.0 Å². The SMILES string of the molecule is CCN[C@@](O)(CN(CC(C)C)S(=O)(=O)c1ccc2nc(NC(C)C)sc2c1)[C@H](Cc1ccccc1)N(C(=O)O)[C@H]1CCO[C@@H]2OCC[C@H]21. The smallest absolute Gasteiger partial charge is 0.407 e. The second kappa shape index (κ2) is 15.4. The normalized spacial score (nSPS) is 21.8. The lowest BCUT2D eigenvalue weighted by molar-refractivity contribution is -0.178. The number of hydrogen-bond donors (Lipinski definition) is 4. The molecule has 2 saturated heterocycles. The van der Waals surface area contributed by atoms with Crippen molar-refractivity contribution < 1.29 is 32.9 Å². The quantitative estimate of drug-likeness (QED) is 0.162. The minimum absolute atomic E-state index is 0.0827. The number of aromatic nitrogens is 1. The Morgan fingerprint density at radius 2 is 1.81 bits per heavy atom. The van der Waals surface area contributed by atoms with Gasteiger partial charge in [-0.1, -0.05) is 62.4 Å². The number of benzene rings is 2. The summed E-state index contributed by atoms with van der Waals surface area (Å²) in [4.78, 5) is 19.3. The Morgan fingerprint density at radius 1 is 1.10 bits per heavy atom. The first kappa shape index (κ1) is 36.4. The predicted molar refractivity (Wildman–Crippen MR) is 187 cm³/mol. The number of fused-ring (bicyclic) bond motifs is 2. The Bertz CT molecular complexity index is 1640. The van der Waals surface area contributed by atoms with Crippen LogP contribution in [0.2, 0.25) is 0 Å². The van der Waals surface area contributed by atoms with Gasteiger partial charge in [-0.25, -0.2) is 18.2 Å². The van der Waals surface area contributed by atoms with Gasteiger partial charge in [-0.3, -0.25) is 10.2 Å². The van der Waals surface area contributed by atoms with Crippen LogP contribution in [-0.4, -0.2) is 102 Å². The molecule has 3 heterocycles.